The van der Waals surface area contributed by atoms with Gasteiger partial charge in [0, 0.05) is 30.9 Å². The summed E-state index contributed by atoms with van der Waals surface area (Å²) >= 11 is 0.827. The number of aliphatic hydroxyl groups excluding tert-OH is 4. The summed E-state index contributed by atoms with van der Waals surface area (Å²) in [5, 5.41) is 59.1. The number of likely N-dealkylation sites (N-methyl/N-ethyl adjacent to an activating group) is 2. The smallest absolute Gasteiger partial charge is 0.274 e. The number of nitro benzene ring substituents is 1. The number of nitrogens with one attached hydrogen (secondary N) is 3. The molecule has 1 aliphatic rings. The van der Waals surface area contributed by atoms with Crippen molar-refractivity contribution in [2.45, 2.75) is 49.1 Å². The molecule has 0 aromatic heterocycles. The molecule has 190 valence electrons. The van der Waals surface area contributed by atoms with Crippen LogP contribution in [0.1, 0.15) is 18.0 Å². The molecule has 0 spiro atoms. The molecule has 0 bridgehead atoms. The molecule has 1 amide bonds. The summed E-state index contributed by atoms with van der Waals surface area (Å²) in [6.45, 7) is -0.641. The predicted molar refractivity (Wildman–Crippen MR) is 122 cm³/mol. The van der Waals surface area contributed by atoms with Crippen LogP contribution in [0.3, 0.4) is 0 Å². The normalized spacial score (nSPS) is 26.5. The first-order chi connectivity index (χ1) is 16.1. The molecule has 7 atom stereocenters. The van der Waals surface area contributed by atoms with Gasteiger partial charge in [0.2, 0.25) is 5.91 Å². The molecule has 13 nitrogen and oxygen atoms in total. The minimum atomic E-state index is -1.65. The van der Waals surface area contributed by atoms with E-state index in [9.17, 15) is 40.1 Å². The molecule has 1 saturated heterocycles. The van der Waals surface area contributed by atoms with E-state index in [0.29, 0.717) is 0 Å². The van der Waals surface area contributed by atoms with Crippen molar-refractivity contribution < 1.29 is 39.7 Å². The quantitative estimate of drug-likeness (QED) is 0.130. The summed E-state index contributed by atoms with van der Waals surface area (Å²) in [5.41, 5.74) is -0.0441. The highest BCUT2D eigenvalue weighted by molar-refractivity contribution is 8.13. The van der Waals surface area contributed by atoms with Crippen LogP contribution in [0, 0.1) is 10.1 Å². The monoisotopic (exact) mass is 502 g/mol. The first-order valence-electron chi connectivity index (χ1n) is 10.5. The number of thioether (sulfide) groups is 1. The van der Waals surface area contributed by atoms with E-state index in [2.05, 4.69) is 16.0 Å². The van der Waals surface area contributed by atoms with Crippen molar-refractivity contribution in [3.05, 3.63) is 39.9 Å². The molecule has 4 unspecified atom stereocenters. The summed E-state index contributed by atoms with van der Waals surface area (Å²) in [5.74, 6) is -0.408. The van der Waals surface area contributed by atoms with E-state index >= 15 is 0 Å². The Bertz CT molecular complexity index is 859. The lowest BCUT2D eigenvalue weighted by atomic mass is 9.97. The number of ether oxygens (including phenoxy) is 1. The Morgan fingerprint density at radius 2 is 1.85 bits per heavy atom. The Kier molecular flexibility index (Phi) is 10.8. The predicted octanol–water partition coefficient (Wildman–Crippen LogP) is -1.99. The van der Waals surface area contributed by atoms with Gasteiger partial charge < -0.3 is 35.8 Å². The van der Waals surface area contributed by atoms with Crippen molar-refractivity contribution in [2.75, 3.05) is 26.5 Å². The summed E-state index contributed by atoms with van der Waals surface area (Å²) in [6.07, 6.45) is -7.46. The zero-order valence-corrected chi connectivity index (χ0v) is 19.5. The molecule has 14 heteroatoms. The number of aliphatic hydroxyl groups is 4. The number of carbonyl (C=O) groups is 2. The lowest BCUT2D eigenvalue weighted by Crippen LogP contribution is -2.62. The fourth-order valence-electron chi connectivity index (χ4n) is 3.52. The largest absolute Gasteiger partial charge is 0.394 e. The van der Waals surface area contributed by atoms with Gasteiger partial charge in [0.1, 0.15) is 30.6 Å². The van der Waals surface area contributed by atoms with Crippen molar-refractivity contribution >= 4 is 28.5 Å². The maximum absolute atomic E-state index is 12.5. The highest BCUT2D eigenvalue weighted by atomic mass is 32.2. The van der Waals surface area contributed by atoms with Gasteiger partial charge >= 0.3 is 0 Å². The molecule has 7 N–H and O–H groups in total. The third kappa shape index (κ3) is 6.93. The van der Waals surface area contributed by atoms with Crippen LogP contribution >= 0.6 is 11.8 Å². The summed E-state index contributed by atoms with van der Waals surface area (Å²) in [4.78, 5) is 35.4. The van der Waals surface area contributed by atoms with Gasteiger partial charge in [-0.2, -0.15) is 0 Å². The second-order valence-corrected chi connectivity index (χ2v) is 8.70. The zero-order chi connectivity index (χ0) is 25.4. The SMILES string of the molecule is CNC(=O)C(CC(=O)SCC(N[C@@H]1OC(CO)[C@H](O)[C@H](O)C1O)c1ccccc1[N+](=O)[O-])NC. The van der Waals surface area contributed by atoms with Crippen molar-refractivity contribution in [2.24, 2.45) is 0 Å². The van der Waals surface area contributed by atoms with E-state index in [0.717, 1.165) is 11.8 Å². The molecule has 2 rings (SSSR count). The van der Waals surface area contributed by atoms with E-state index in [1.807, 2.05) is 0 Å². The van der Waals surface area contributed by atoms with Crippen LogP contribution in [-0.4, -0.2) is 99.5 Å². The van der Waals surface area contributed by atoms with Crippen LogP contribution in [0.5, 0.6) is 0 Å². The van der Waals surface area contributed by atoms with Gasteiger partial charge in [-0.05, 0) is 7.05 Å². The Morgan fingerprint density at radius 1 is 1.18 bits per heavy atom. The molecule has 1 heterocycles. The number of carbonyl (C=O) groups excluding carboxylic acids is 2. The number of amides is 1. The Morgan fingerprint density at radius 3 is 2.44 bits per heavy atom. The summed E-state index contributed by atoms with van der Waals surface area (Å²) in [6, 6.07) is 4.14. The van der Waals surface area contributed by atoms with Crippen molar-refractivity contribution in [1.29, 1.82) is 0 Å². The number of hydrogen-bond acceptors (Lipinski definition) is 12. The van der Waals surface area contributed by atoms with Crippen LogP contribution in [0.4, 0.5) is 5.69 Å². The highest BCUT2D eigenvalue weighted by Gasteiger charge is 2.44. The van der Waals surface area contributed by atoms with Gasteiger partial charge in [0.15, 0.2) is 5.12 Å². The molecule has 1 aliphatic heterocycles. The van der Waals surface area contributed by atoms with Crippen molar-refractivity contribution in [3.8, 4) is 0 Å². The van der Waals surface area contributed by atoms with Crippen LogP contribution in [0.15, 0.2) is 24.3 Å². The van der Waals surface area contributed by atoms with E-state index in [-0.39, 0.29) is 34.4 Å². The lowest BCUT2D eigenvalue weighted by Gasteiger charge is -2.41. The molecular formula is C20H30N4O9S. The highest BCUT2D eigenvalue weighted by Crippen LogP contribution is 2.30. The van der Waals surface area contributed by atoms with E-state index in [1.165, 1.54) is 32.3 Å². The van der Waals surface area contributed by atoms with E-state index < -0.39 is 54.3 Å². The van der Waals surface area contributed by atoms with Gasteiger partial charge in [-0.1, -0.05) is 30.0 Å². The number of para-hydroxylation sites is 1. The maximum atomic E-state index is 12.5. The average molecular weight is 503 g/mol. The summed E-state index contributed by atoms with van der Waals surface area (Å²) in [7, 11) is 2.98. The molecule has 34 heavy (non-hydrogen) atoms. The number of nitro groups is 1. The molecule has 1 aromatic carbocycles. The third-order valence-electron chi connectivity index (χ3n) is 5.46. The lowest BCUT2D eigenvalue weighted by molar-refractivity contribution is -0.385. The Balaban J connectivity index is 2.25. The number of benzene rings is 1. The van der Waals surface area contributed by atoms with Gasteiger partial charge in [-0.25, -0.2) is 0 Å². The van der Waals surface area contributed by atoms with Crippen LogP contribution in [0.2, 0.25) is 0 Å². The van der Waals surface area contributed by atoms with E-state index in [1.54, 1.807) is 6.07 Å². The Labute approximate surface area is 200 Å². The molecule has 0 saturated carbocycles. The molecular weight excluding hydrogens is 472 g/mol. The van der Waals surface area contributed by atoms with Gasteiger partial charge in [0.25, 0.3) is 5.69 Å². The topological polar surface area (TPSA) is 204 Å². The van der Waals surface area contributed by atoms with Gasteiger partial charge in [0.05, 0.1) is 23.6 Å². The van der Waals surface area contributed by atoms with Crippen molar-refractivity contribution in [1.82, 2.24) is 16.0 Å². The first kappa shape index (κ1) is 28.1. The fraction of sp³-hybridized carbons (Fsp3) is 0.600. The van der Waals surface area contributed by atoms with Gasteiger partial charge in [-0.15, -0.1) is 0 Å². The van der Waals surface area contributed by atoms with Crippen LogP contribution < -0.4 is 16.0 Å². The fourth-order valence-corrected chi connectivity index (χ4v) is 4.43. The minimum Gasteiger partial charge on any atom is -0.394 e. The average Bonchev–Trinajstić information content (AvgIpc) is 2.84. The maximum Gasteiger partial charge on any atom is 0.274 e. The second-order valence-electron chi connectivity index (χ2n) is 7.63. The Hall–Kier alpha value is -2.17. The van der Waals surface area contributed by atoms with Gasteiger partial charge in [-0.3, -0.25) is 25.0 Å². The number of hydrogen-bond donors (Lipinski definition) is 7. The van der Waals surface area contributed by atoms with Crippen LogP contribution in [-0.2, 0) is 14.3 Å². The standard InChI is InChI=1S/C20H30N4O9S/c1-21-11(19(30)22-2)7-15(26)34-9-12(10-5-3-4-6-13(10)24(31)32)23-20-18(29)17(28)16(27)14(8-25)33-20/h3-6,11-12,14,16-18,20-21,23,25,27-29H,7-9H2,1-2H3,(H,22,30)/t11?,12?,14?,16-,17-,18?,20+/m0/s1. The van der Waals surface area contributed by atoms with E-state index in [4.69, 9.17) is 4.74 Å². The molecule has 0 aliphatic carbocycles. The number of rotatable bonds is 11. The minimum absolute atomic E-state index is 0.0388. The number of nitrogens with zero attached hydrogens (tertiary/aromatic N) is 1. The molecule has 1 aromatic rings. The second kappa shape index (κ2) is 13.1. The third-order valence-corrected chi connectivity index (χ3v) is 6.45. The van der Waals surface area contributed by atoms with Crippen LogP contribution in [0.25, 0.3) is 0 Å². The molecule has 0 radical (unpaired) electrons. The van der Waals surface area contributed by atoms with Crippen molar-refractivity contribution in [3.63, 3.8) is 0 Å². The molecule has 1 fully saturated rings. The first-order valence-corrected chi connectivity index (χ1v) is 11.5. The summed E-state index contributed by atoms with van der Waals surface area (Å²) < 4.78 is 5.47. The zero-order valence-electron chi connectivity index (χ0n) is 18.7.